The van der Waals surface area contributed by atoms with Gasteiger partial charge in [0.25, 0.3) is 0 Å². The third-order valence-corrected chi connectivity index (χ3v) is 4.95. The number of nitrogens with zero attached hydrogens (tertiary/aromatic N) is 2. The number of benzene rings is 1. The Morgan fingerprint density at radius 2 is 1.96 bits per heavy atom. The standard InChI is InChI=1S/C18H26N4O2.ClH/c1-19-11-16-7-4-9-22(16)17(23)12-20-18(24)21-10-8-14-5-2-3-6-15(14)13-21;/h2-3,5-6,16,19H,4,7-13H2,1H3,(H,20,24);1H. The van der Waals surface area contributed by atoms with Crippen LogP contribution in [0.1, 0.15) is 24.0 Å². The number of urea groups is 1. The van der Waals surface area contributed by atoms with Crippen molar-refractivity contribution in [2.75, 3.05) is 33.2 Å². The van der Waals surface area contributed by atoms with E-state index in [9.17, 15) is 9.59 Å². The van der Waals surface area contributed by atoms with E-state index in [1.807, 2.05) is 24.1 Å². The molecule has 6 nitrogen and oxygen atoms in total. The summed E-state index contributed by atoms with van der Waals surface area (Å²) < 4.78 is 0. The minimum atomic E-state index is -0.151. The van der Waals surface area contributed by atoms with E-state index in [0.29, 0.717) is 13.1 Å². The van der Waals surface area contributed by atoms with Gasteiger partial charge < -0.3 is 20.4 Å². The molecule has 0 spiro atoms. The van der Waals surface area contributed by atoms with Crippen molar-refractivity contribution in [3.63, 3.8) is 0 Å². The molecule has 1 aromatic carbocycles. The Morgan fingerprint density at radius 3 is 2.72 bits per heavy atom. The van der Waals surface area contributed by atoms with Gasteiger partial charge in [0.15, 0.2) is 0 Å². The molecule has 0 aliphatic carbocycles. The molecule has 1 saturated heterocycles. The molecule has 1 fully saturated rings. The van der Waals surface area contributed by atoms with E-state index >= 15 is 0 Å². The molecule has 2 aliphatic heterocycles. The van der Waals surface area contributed by atoms with Crippen molar-refractivity contribution in [1.29, 1.82) is 0 Å². The van der Waals surface area contributed by atoms with E-state index in [-0.39, 0.29) is 36.9 Å². The Labute approximate surface area is 155 Å². The maximum atomic E-state index is 12.4. The summed E-state index contributed by atoms with van der Waals surface area (Å²) in [5, 5.41) is 5.93. The Bertz CT molecular complexity index is 610. The van der Waals surface area contributed by atoms with Gasteiger partial charge in [-0.1, -0.05) is 24.3 Å². The lowest BCUT2D eigenvalue weighted by atomic mass is 10.0. The number of amides is 3. The largest absolute Gasteiger partial charge is 0.337 e. The lowest BCUT2D eigenvalue weighted by Gasteiger charge is -2.29. The van der Waals surface area contributed by atoms with Crippen LogP contribution in [0.25, 0.3) is 0 Å². The van der Waals surface area contributed by atoms with E-state index in [2.05, 4.69) is 22.8 Å². The summed E-state index contributed by atoms with van der Waals surface area (Å²) in [6, 6.07) is 8.31. The van der Waals surface area contributed by atoms with Crippen LogP contribution in [-0.4, -0.2) is 61.0 Å². The minimum absolute atomic E-state index is 0. The van der Waals surface area contributed by atoms with E-state index in [0.717, 1.165) is 32.4 Å². The van der Waals surface area contributed by atoms with Crippen molar-refractivity contribution in [2.45, 2.75) is 31.8 Å². The van der Waals surface area contributed by atoms with Gasteiger partial charge in [-0.2, -0.15) is 0 Å². The number of likely N-dealkylation sites (N-methyl/N-ethyl adjacent to an activating group) is 1. The number of rotatable bonds is 4. The fraction of sp³-hybridized carbons (Fsp3) is 0.556. The summed E-state index contributed by atoms with van der Waals surface area (Å²) in [5.41, 5.74) is 2.50. The van der Waals surface area contributed by atoms with Gasteiger partial charge in [0.05, 0.1) is 6.54 Å². The smallest absolute Gasteiger partial charge is 0.318 e. The maximum absolute atomic E-state index is 12.4. The summed E-state index contributed by atoms with van der Waals surface area (Å²) >= 11 is 0. The first-order valence-electron chi connectivity index (χ1n) is 8.72. The lowest BCUT2D eigenvalue weighted by Crippen LogP contribution is -2.49. The maximum Gasteiger partial charge on any atom is 0.318 e. The number of halogens is 1. The van der Waals surface area contributed by atoms with Gasteiger partial charge in [0, 0.05) is 32.2 Å². The Balaban J connectivity index is 0.00000225. The van der Waals surface area contributed by atoms with Gasteiger partial charge in [-0.3, -0.25) is 4.79 Å². The molecule has 2 heterocycles. The highest BCUT2D eigenvalue weighted by Gasteiger charge is 2.28. The monoisotopic (exact) mass is 366 g/mol. The van der Waals surface area contributed by atoms with Crippen molar-refractivity contribution >= 4 is 24.3 Å². The predicted molar refractivity (Wildman–Crippen MR) is 99.9 cm³/mol. The van der Waals surface area contributed by atoms with Gasteiger partial charge in [-0.25, -0.2) is 4.79 Å². The molecule has 25 heavy (non-hydrogen) atoms. The van der Waals surface area contributed by atoms with E-state index in [1.165, 1.54) is 11.1 Å². The zero-order valence-corrected chi connectivity index (χ0v) is 15.5. The first-order chi connectivity index (χ1) is 11.7. The minimum Gasteiger partial charge on any atom is -0.337 e. The van der Waals surface area contributed by atoms with Crippen LogP contribution in [0.15, 0.2) is 24.3 Å². The Hall–Kier alpha value is -1.79. The van der Waals surface area contributed by atoms with Crippen molar-refractivity contribution in [3.05, 3.63) is 35.4 Å². The number of carbonyl (C=O) groups excluding carboxylic acids is 2. The number of fused-ring (bicyclic) bond motifs is 1. The normalized spacial score (nSPS) is 19.2. The first kappa shape index (κ1) is 19.5. The molecular formula is C18H27ClN4O2. The summed E-state index contributed by atoms with van der Waals surface area (Å²) in [4.78, 5) is 28.4. The molecule has 0 aromatic heterocycles. The highest BCUT2D eigenvalue weighted by atomic mass is 35.5. The van der Waals surface area contributed by atoms with Crippen LogP contribution >= 0.6 is 12.4 Å². The number of likely N-dealkylation sites (tertiary alicyclic amines) is 1. The average Bonchev–Trinajstić information content (AvgIpc) is 3.07. The summed E-state index contributed by atoms with van der Waals surface area (Å²) in [6.07, 6.45) is 2.94. The van der Waals surface area contributed by atoms with Crippen LogP contribution in [0.5, 0.6) is 0 Å². The van der Waals surface area contributed by atoms with E-state index in [4.69, 9.17) is 0 Å². The second-order valence-electron chi connectivity index (χ2n) is 6.54. The van der Waals surface area contributed by atoms with Crippen LogP contribution < -0.4 is 10.6 Å². The zero-order valence-electron chi connectivity index (χ0n) is 14.7. The van der Waals surface area contributed by atoms with Crippen LogP contribution in [0, 0.1) is 0 Å². The number of carbonyl (C=O) groups is 2. The Kier molecular flexibility index (Phi) is 7.08. The van der Waals surface area contributed by atoms with E-state index < -0.39 is 0 Å². The number of hydrogen-bond acceptors (Lipinski definition) is 3. The van der Waals surface area contributed by atoms with Crippen LogP contribution in [0.4, 0.5) is 4.79 Å². The highest BCUT2D eigenvalue weighted by molar-refractivity contribution is 5.85. The topological polar surface area (TPSA) is 64.7 Å². The Morgan fingerprint density at radius 1 is 1.20 bits per heavy atom. The van der Waals surface area contributed by atoms with Gasteiger partial charge >= 0.3 is 6.03 Å². The molecular weight excluding hydrogens is 340 g/mol. The predicted octanol–water partition coefficient (Wildman–Crippen LogP) is 1.39. The molecule has 2 N–H and O–H groups in total. The molecule has 7 heteroatoms. The summed E-state index contributed by atoms with van der Waals surface area (Å²) in [7, 11) is 1.90. The van der Waals surface area contributed by atoms with Crippen molar-refractivity contribution < 1.29 is 9.59 Å². The summed E-state index contributed by atoms with van der Waals surface area (Å²) in [5.74, 6) is 0.0125. The van der Waals surface area contributed by atoms with Gasteiger partial charge in [-0.05, 0) is 37.4 Å². The third-order valence-electron chi connectivity index (χ3n) is 4.95. The van der Waals surface area contributed by atoms with Crippen molar-refractivity contribution in [3.8, 4) is 0 Å². The average molecular weight is 367 g/mol. The molecule has 3 rings (SSSR count). The van der Waals surface area contributed by atoms with E-state index in [1.54, 1.807) is 4.90 Å². The molecule has 1 atom stereocenters. The number of hydrogen-bond donors (Lipinski definition) is 2. The lowest BCUT2D eigenvalue weighted by molar-refractivity contribution is -0.130. The molecule has 1 aromatic rings. The van der Waals surface area contributed by atoms with Gasteiger partial charge in [0.2, 0.25) is 5.91 Å². The second-order valence-corrected chi connectivity index (χ2v) is 6.54. The zero-order chi connectivity index (χ0) is 16.9. The molecule has 0 bridgehead atoms. The van der Waals surface area contributed by atoms with Gasteiger partial charge in [0.1, 0.15) is 0 Å². The third kappa shape index (κ3) is 4.64. The molecule has 0 saturated carbocycles. The van der Waals surface area contributed by atoms with Crippen LogP contribution in [-0.2, 0) is 17.8 Å². The molecule has 0 radical (unpaired) electrons. The molecule has 2 aliphatic rings. The number of nitrogens with one attached hydrogen (secondary N) is 2. The van der Waals surface area contributed by atoms with Gasteiger partial charge in [-0.15, -0.1) is 12.4 Å². The quantitative estimate of drug-likeness (QED) is 0.846. The van der Waals surface area contributed by atoms with Crippen molar-refractivity contribution in [2.24, 2.45) is 0 Å². The highest BCUT2D eigenvalue weighted by Crippen LogP contribution is 2.19. The summed E-state index contributed by atoms with van der Waals surface area (Å²) in [6.45, 7) is 2.99. The second kappa shape index (κ2) is 9.06. The van der Waals surface area contributed by atoms with Crippen molar-refractivity contribution in [1.82, 2.24) is 20.4 Å². The SMILES string of the molecule is CNCC1CCCN1C(=O)CNC(=O)N1CCc2ccccc2C1.Cl. The van der Waals surface area contributed by atoms with Crippen LogP contribution in [0.3, 0.4) is 0 Å². The molecule has 3 amide bonds. The molecule has 1 unspecified atom stereocenters. The van der Waals surface area contributed by atoms with Crippen LogP contribution in [0.2, 0.25) is 0 Å². The fourth-order valence-electron chi connectivity index (χ4n) is 3.65. The fourth-order valence-corrected chi connectivity index (χ4v) is 3.65. The first-order valence-corrected chi connectivity index (χ1v) is 8.72. The molecule has 138 valence electrons.